The Kier molecular flexibility index (Phi) is 1.05. The second-order valence-corrected chi connectivity index (χ2v) is 1.23. The Morgan fingerprint density at radius 1 is 2.00 bits per heavy atom. The van der Waals surface area contributed by atoms with Crippen LogP contribution >= 0.6 is 0 Å². The Balaban J connectivity index is 3.46. The van der Waals surface area contributed by atoms with Crippen molar-refractivity contribution in [3.8, 4) is 0 Å². The predicted molar refractivity (Wildman–Crippen MR) is 23.8 cm³/mol. The number of aliphatic hydroxyl groups excluding tert-OH is 1. The Hall–Kier alpha value is -0.120. The highest BCUT2D eigenvalue weighted by Gasteiger charge is 1.98. The fraction of sp³-hybridized carbons (Fsp3) is 1.00. The van der Waals surface area contributed by atoms with Crippen LogP contribution in [0.1, 0.15) is 6.92 Å². The monoisotopic (exact) mass is 92.1 g/mol. The van der Waals surface area contributed by atoms with Crippen molar-refractivity contribution in [2.75, 3.05) is 0 Å². The highest BCUT2D eigenvalue weighted by atomic mass is 16.3. The van der Waals surface area contributed by atoms with Crippen molar-refractivity contribution in [2.45, 2.75) is 19.2 Å². The molecule has 0 aliphatic carbocycles. The van der Waals surface area contributed by atoms with E-state index in [1.807, 2.05) is 0 Å². The summed E-state index contributed by atoms with van der Waals surface area (Å²) in [6.07, 6.45) is -1.74. The van der Waals surface area contributed by atoms with E-state index in [2.05, 4.69) is 0 Å². The first-order chi connectivity index (χ1) is 3.55. The Labute approximate surface area is 39.9 Å². The maximum absolute atomic E-state index is 8.58. The molecule has 0 fully saturated rings. The van der Waals surface area contributed by atoms with Gasteiger partial charge >= 0.3 is 0 Å². The summed E-state index contributed by atoms with van der Waals surface area (Å²) >= 11 is 0. The van der Waals surface area contributed by atoms with Gasteiger partial charge in [0.25, 0.3) is 0 Å². The third kappa shape index (κ3) is 2.14. The van der Waals surface area contributed by atoms with Gasteiger partial charge in [-0.3, -0.25) is 0 Å². The topological polar surface area (TPSA) is 72.3 Å². The van der Waals surface area contributed by atoms with Gasteiger partial charge in [-0.25, -0.2) is 0 Å². The van der Waals surface area contributed by atoms with Gasteiger partial charge in [0, 0.05) is 0 Å². The van der Waals surface area contributed by atoms with E-state index in [4.69, 9.17) is 13.7 Å². The molecule has 0 aromatic carbocycles. The van der Waals surface area contributed by atoms with Crippen molar-refractivity contribution in [1.29, 1.82) is 0 Å². The van der Waals surface area contributed by atoms with Gasteiger partial charge in [0.15, 0.2) is 0 Å². The fourth-order valence-electron chi connectivity index (χ4n) is 0. The summed E-state index contributed by atoms with van der Waals surface area (Å²) in [5, 5.41) is 8.58. The quantitative estimate of drug-likeness (QED) is 0.367. The first-order valence-electron chi connectivity index (χ1n) is 2.65. The van der Waals surface area contributed by atoms with Crippen LogP contribution in [0.15, 0.2) is 0 Å². The van der Waals surface area contributed by atoms with Crippen LogP contribution in [0, 0.1) is 0 Å². The second-order valence-electron chi connectivity index (χ2n) is 1.23. The summed E-state index contributed by atoms with van der Waals surface area (Å²) in [4.78, 5) is 0. The van der Waals surface area contributed by atoms with E-state index in [1.165, 1.54) is 6.92 Å². The van der Waals surface area contributed by atoms with Crippen LogP contribution in [0.2, 0.25) is 2.82 Å². The molecule has 6 heavy (non-hydrogen) atoms. The molecule has 38 valence electrons. The van der Waals surface area contributed by atoms with Gasteiger partial charge in [0.05, 0.1) is 12.3 Å². The number of hydrogen-bond donors (Lipinski definition) is 3. The lowest BCUT2D eigenvalue weighted by Gasteiger charge is -2.05. The van der Waals surface area contributed by atoms with Crippen molar-refractivity contribution in [3.63, 3.8) is 0 Å². The number of hydrogen-bond acceptors (Lipinski definition) is 3. The number of nitrogens with two attached hydrogens (primary N) is 2. The summed E-state index contributed by atoms with van der Waals surface area (Å²) in [6, 6.07) is 0. The van der Waals surface area contributed by atoms with E-state index in [9.17, 15) is 0 Å². The minimum Gasteiger partial charge on any atom is -0.390 e. The van der Waals surface area contributed by atoms with Crippen molar-refractivity contribution in [1.82, 2.24) is 0 Å². The maximum Gasteiger partial charge on any atom is 0.120 e. The lowest BCUT2D eigenvalue weighted by atomic mass is 10.3. The maximum atomic E-state index is 8.58. The summed E-state index contributed by atoms with van der Waals surface area (Å²) < 4.78 is 13.1. The highest BCUT2D eigenvalue weighted by molar-refractivity contribution is 4.55. The molecule has 0 heterocycles. The lowest BCUT2D eigenvalue weighted by Crippen LogP contribution is -2.40. The smallest absolute Gasteiger partial charge is 0.120 e. The molecule has 0 bridgehead atoms. The average molecular weight is 92.1 g/mol. The molecule has 0 aliphatic heterocycles. The Bertz CT molecular complexity index is 60.3. The Morgan fingerprint density at radius 3 is 2.50 bits per heavy atom. The molecule has 3 nitrogen and oxygen atoms in total. The summed E-state index contributed by atoms with van der Waals surface area (Å²) in [5.74, 6) is 0. The van der Waals surface area contributed by atoms with E-state index in [-0.39, 0.29) is 5.72 Å². The highest BCUT2D eigenvalue weighted by Crippen LogP contribution is 1.74. The summed E-state index contributed by atoms with van der Waals surface area (Å²) in [5.41, 5.74) is 5.33. The number of aliphatic hydroxyl groups is 1. The van der Waals surface area contributed by atoms with Crippen LogP contribution in [-0.2, 0) is 0 Å². The molecular weight excluding hydrogens is 80.0 g/mol. The standard InChI is InChI=1S/C3H10N2O/c1-2(6)3(4)5/h2-3,6H,4-5H2,1H3/i/hD2. The first-order valence-corrected chi connectivity index (χ1v) is 1.76. The molecule has 3 heteroatoms. The molecule has 2 unspecified atom stereocenters. The van der Waals surface area contributed by atoms with Crippen LogP contribution in [0.5, 0.6) is 0 Å². The normalized spacial score (nSPS) is 25.3. The zero-order valence-electron chi connectivity index (χ0n) is 5.63. The minimum atomic E-state index is -0.907. The van der Waals surface area contributed by atoms with E-state index < -0.39 is 12.3 Å². The van der Waals surface area contributed by atoms with Crippen LogP contribution < -0.4 is 11.5 Å². The zero-order chi connectivity index (χ0) is 6.73. The van der Waals surface area contributed by atoms with Crippen LogP contribution in [0.25, 0.3) is 0 Å². The van der Waals surface area contributed by atoms with E-state index in [0.29, 0.717) is 0 Å². The predicted octanol–water partition coefficient (Wildman–Crippen LogP) is -1.39. The SMILES string of the molecule is [2H]N([2H])C(N)C(C)O. The van der Waals surface area contributed by atoms with Crippen molar-refractivity contribution in [2.24, 2.45) is 11.5 Å². The fourth-order valence-corrected chi connectivity index (χ4v) is 0. The molecule has 0 aromatic rings. The third-order valence-corrected chi connectivity index (χ3v) is 0.494. The van der Waals surface area contributed by atoms with Gasteiger partial charge in [0.1, 0.15) is 2.82 Å². The van der Waals surface area contributed by atoms with Crippen molar-refractivity contribution < 1.29 is 7.93 Å². The Morgan fingerprint density at radius 2 is 2.50 bits per heavy atom. The van der Waals surface area contributed by atoms with Gasteiger partial charge in [-0.15, -0.1) is 0 Å². The average Bonchev–Trinajstić information content (AvgIpc) is 1.64. The molecular formula is C3H10N2O. The summed E-state index contributed by atoms with van der Waals surface area (Å²) in [7, 11) is 0. The van der Waals surface area contributed by atoms with Crippen molar-refractivity contribution in [3.05, 3.63) is 0 Å². The molecule has 0 aliphatic rings. The lowest BCUT2D eigenvalue weighted by molar-refractivity contribution is 0.166. The molecule has 0 saturated heterocycles. The first kappa shape index (κ1) is 2.96. The third-order valence-electron chi connectivity index (χ3n) is 0.494. The van der Waals surface area contributed by atoms with Crippen molar-refractivity contribution >= 4 is 0 Å². The van der Waals surface area contributed by atoms with E-state index in [0.717, 1.165) is 0 Å². The molecule has 0 saturated carbocycles. The zero-order valence-corrected chi connectivity index (χ0v) is 3.63. The molecule has 0 radical (unpaired) electrons. The van der Waals surface area contributed by atoms with Gasteiger partial charge in [0.2, 0.25) is 0 Å². The van der Waals surface area contributed by atoms with E-state index in [1.54, 1.807) is 0 Å². The molecule has 0 aromatic heterocycles. The molecule has 5 N–H and O–H groups in total. The number of rotatable bonds is 2. The van der Waals surface area contributed by atoms with Crippen LogP contribution in [0.3, 0.4) is 0 Å². The molecule has 0 spiro atoms. The largest absolute Gasteiger partial charge is 0.390 e. The molecule has 2 atom stereocenters. The van der Waals surface area contributed by atoms with E-state index >= 15 is 0 Å². The van der Waals surface area contributed by atoms with Crippen LogP contribution in [-0.4, -0.2) is 17.4 Å². The van der Waals surface area contributed by atoms with Gasteiger partial charge < -0.3 is 16.6 Å². The van der Waals surface area contributed by atoms with Gasteiger partial charge in [-0.2, -0.15) is 0 Å². The molecule has 0 amide bonds. The molecule has 0 rings (SSSR count). The summed E-state index contributed by atoms with van der Waals surface area (Å²) in [6.45, 7) is 1.43. The van der Waals surface area contributed by atoms with Gasteiger partial charge in [-0.1, -0.05) is 0 Å². The second kappa shape index (κ2) is 2.12. The van der Waals surface area contributed by atoms with Gasteiger partial charge in [-0.05, 0) is 6.92 Å². The minimum absolute atomic E-state index is 0.269. The van der Waals surface area contributed by atoms with Crippen LogP contribution in [0.4, 0.5) is 0 Å².